The largest absolute Gasteiger partial charge is 0.383 e. The van der Waals surface area contributed by atoms with Gasteiger partial charge in [-0.15, -0.1) is 0 Å². The van der Waals surface area contributed by atoms with Crippen LogP contribution in [0.3, 0.4) is 0 Å². The number of amides is 2. The Morgan fingerprint density at radius 2 is 2.00 bits per heavy atom. The quantitative estimate of drug-likeness (QED) is 0.629. The van der Waals surface area contributed by atoms with Crippen LogP contribution in [0.1, 0.15) is 42.6 Å². The molecule has 2 amide bonds. The van der Waals surface area contributed by atoms with E-state index in [2.05, 4.69) is 4.98 Å². The van der Waals surface area contributed by atoms with Gasteiger partial charge in [0.05, 0.1) is 6.61 Å². The van der Waals surface area contributed by atoms with Crippen LogP contribution >= 0.6 is 0 Å². The van der Waals surface area contributed by atoms with Crippen LogP contribution in [0.25, 0.3) is 0 Å². The zero-order valence-corrected chi connectivity index (χ0v) is 18.6. The molecule has 0 saturated heterocycles. The SMILES string of the molecule is CCCn1c(N)c(N(CCOC)C(=O)c2ccc3c(c2)CCN3C(=O)CC)c(=O)[nH]c1=O. The molecular weight excluding hydrogens is 414 g/mol. The number of H-pyrrole nitrogens is 1. The molecule has 1 aliphatic heterocycles. The molecule has 0 radical (unpaired) electrons. The first-order chi connectivity index (χ1) is 15.3. The lowest BCUT2D eigenvalue weighted by molar-refractivity contribution is -0.118. The third kappa shape index (κ3) is 4.31. The van der Waals surface area contributed by atoms with E-state index in [0.717, 1.165) is 11.3 Å². The van der Waals surface area contributed by atoms with E-state index in [0.29, 0.717) is 37.9 Å². The first kappa shape index (κ1) is 23.3. The first-order valence-corrected chi connectivity index (χ1v) is 10.7. The van der Waals surface area contributed by atoms with Gasteiger partial charge in [0.2, 0.25) is 5.91 Å². The highest BCUT2D eigenvalue weighted by molar-refractivity contribution is 6.08. The molecule has 2 heterocycles. The molecule has 32 heavy (non-hydrogen) atoms. The molecule has 10 nitrogen and oxygen atoms in total. The van der Waals surface area contributed by atoms with Crippen LogP contribution in [0.2, 0.25) is 0 Å². The number of ether oxygens (including phenoxy) is 1. The summed E-state index contributed by atoms with van der Waals surface area (Å²) in [6.45, 7) is 4.81. The number of nitrogens with zero attached hydrogens (tertiary/aromatic N) is 3. The summed E-state index contributed by atoms with van der Waals surface area (Å²) in [6, 6.07) is 5.13. The second-order valence-corrected chi connectivity index (χ2v) is 7.59. The molecule has 1 aromatic heterocycles. The first-order valence-electron chi connectivity index (χ1n) is 10.7. The van der Waals surface area contributed by atoms with Crippen molar-refractivity contribution in [1.29, 1.82) is 0 Å². The monoisotopic (exact) mass is 443 g/mol. The van der Waals surface area contributed by atoms with E-state index in [1.807, 2.05) is 13.8 Å². The van der Waals surface area contributed by atoms with Gasteiger partial charge in [-0.2, -0.15) is 0 Å². The van der Waals surface area contributed by atoms with Crippen molar-refractivity contribution in [3.05, 3.63) is 50.2 Å². The summed E-state index contributed by atoms with van der Waals surface area (Å²) in [7, 11) is 1.49. The fourth-order valence-electron chi connectivity index (χ4n) is 3.92. The minimum absolute atomic E-state index is 0.0297. The molecule has 172 valence electrons. The van der Waals surface area contributed by atoms with Gasteiger partial charge in [0.1, 0.15) is 5.82 Å². The summed E-state index contributed by atoms with van der Waals surface area (Å²) >= 11 is 0. The van der Waals surface area contributed by atoms with E-state index in [1.54, 1.807) is 23.1 Å². The Labute approximate surface area is 185 Å². The fourth-order valence-corrected chi connectivity index (χ4v) is 3.92. The maximum Gasteiger partial charge on any atom is 0.330 e. The highest BCUT2D eigenvalue weighted by Gasteiger charge is 2.28. The van der Waals surface area contributed by atoms with E-state index in [9.17, 15) is 19.2 Å². The van der Waals surface area contributed by atoms with Gasteiger partial charge in [0.15, 0.2) is 5.69 Å². The van der Waals surface area contributed by atoms with Crippen molar-refractivity contribution < 1.29 is 14.3 Å². The third-order valence-corrected chi connectivity index (χ3v) is 5.52. The van der Waals surface area contributed by atoms with Gasteiger partial charge < -0.3 is 15.4 Å². The number of hydrogen-bond donors (Lipinski definition) is 2. The van der Waals surface area contributed by atoms with Crippen LogP contribution in [0.15, 0.2) is 27.8 Å². The van der Waals surface area contributed by atoms with E-state index in [4.69, 9.17) is 10.5 Å². The van der Waals surface area contributed by atoms with Gasteiger partial charge in [-0.25, -0.2) is 4.79 Å². The number of benzene rings is 1. The number of aromatic nitrogens is 2. The smallest absolute Gasteiger partial charge is 0.330 e. The van der Waals surface area contributed by atoms with E-state index >= 15 is 0 Å². The maximum atomic E-state index is 13.5. The number of fused-ring (bicyclic) bond motifs is 1. The molecule has 0 spiro atoms. The Bertz CT molecular complexity index is 1140. The number of nitrogen functional groups attached to an aromatic ring is 1. The van der Waals surface area contributed by atoms with Gasteiger partial charge in [-0.05, 0) is 36.6 Å². The lowest BCUT2D eigenvalue weighted by atomic mass is 10.1. The summed E-state index contributed by atoms with van der Waals surface area (Å²) < 4.78 is 6.38. The van der Waals surface area contributed by atoms with Gasteiger partial charge >= 0.3 is 5.69 Å². The lowest BCUT2D eigenvalue weighted by Crippen LogP contribution is -2.42. The predicted octanol–water partition coefficient (Wildman–Crippen LogP) is 1.12. The van der Waals surface area contributed by atoms with Crippen molar-refractivity contribution in [2.24, 2.45) is 0 Å². The number of nitrogens with one attached hydrogen (secondary N) is 1. The second kappa shape index (κ2) is 9.82. The van der Waals surface area contributed by atoms with Crippen molar-refractivity contribution in [2.75, 3.05) is 42.3 Å². The topological polar surface area (TPSA) is 131 Å². The summed E-state index contributed by atoms with van der Waals surface area (Å²) in [5, 5.41) is 0. The number of anilines is 3. The van der Waals surface area contributed by atoms with Gasteiger partial charge in [0, 0.05) is 44.4 Å². The number of hydrogen-bond acceptors (Lipinski definition) is 6. The summed E-state index contributed by atoms with van der Waals surface area (Å²) in [4.78, 5) is 55.7. The number of rotatable bonds is 8. The fraction of sp³-hybridized carbons (Fsp3) is 0.455. The Morgan fingerprint density at radius 1 is 1.25 bits per heavy atom. The number of aromatic amines is 1. The van der Waals surface area contributed by atoms with Crippen molar-refractivity contribution in [3.8, 4) is 0 Å². The molecule has 0 saturated carbocycles. The van der Waals surface area contributed by atoms with Crippen LogP contribution in [-0.2, 0) is 22.5 Å². The Kier molecular flexibility index (Phi) is 7.14. The Hall–Kier alpha value is -3.40. The maximum absolute atomic E-state index is 13.5. The number of carbonyl (C=O) groups is 2. The molecule has 2 aromatic rings. The molecule has 0 aliphatic carbocycles. The van der Waals surface area contributed by atoms with Gasteiger partial charge in [-0.3, -0.25) is 28.8 Å². The minimum atomic E-state index is -0.731. The number of methoxy groups -OCH3 is 1. The molecule has 1 aliphatic rings. The zero-order chi connectivity index (χ0) is 23.4. The summed E-state index contributed by atoms with van der Waals surface area (Å²) in [5.74, 6) is -0.475. The predicted molar refractivity (Wildman–Crippen MR) is 122 cm³/mol. The van der Waals surface area contributed by atoms with Crippen LogP contribution in [-0.4, -0.2) is 48.2 Å². The van der Waals surface area contributed by atoms with Gasteiger partial charge in [-0.1, -0.05) is 13.8 Å². The van der Waals surface area contributed by atoms with Crippen LogP contribution in [0.4, 0.5) is 17.2 Å². The molecule has 3 rings (SSSR count). The van der Waals surface area contributed by atoms with Crippen LogP contribution < -0.4 is 26.8 Å². The third-order valence-electron chi connectivity index (χ3n) is 5.52. The molecule has 0 atom stereocenters. The van der Waals surface area contributed by atoms with E-state index in [-0.39, 0.29) is 30.6 Å². The van der Waals surface area contributed by atoms with E-state index in [1.165, 1.54) is 16.6 Å². The standard InChI is InChI=1S/C22H29N5O5/c1-4-9-27-19(23)18(20(29)24-22(27)31)26(11-12-32-3)21(30)15-6-7-16-14(13-15)8-10-25(16)17(28)5-2/h6-7,13H,4-5,8-12,23H2,1-3H3,(H,24,29,31). The Morgan fingerprint density at radius 3 is 2.66 bits per heavy atom. The number of nitrogens with two attached hydrogens (primary N) is 1. The van der Waals surface area contributed by atoms with Crippen LogP contribution in [0, 0.1) is 0 Å². The van der Waals surface area contributed by atoms with E-state index < -0.39 is 17.2 Å². The van der Waals surface area contributed by atoms with Gasteiger partial charge in [0.25, 0.3) is 11.5 Å². The highest BCUT2D eigenvalue weighted by Crippen LogP contribution is 2.30. The highest BCUT2D eigenvalue weighted by atomic mass is 16.5. The molecule has 1 aromatic carbocycles. The summed E-state index contributed by atoms with van der Waals surface area (Å²) in [5.41, 5.74) is 6.80. The molecule has 0 bridgehead atoms. The van der Waals surface area contributed by atoms with Crippen molar-refractivity contribution in [1.82, 2.24) is 9.55 Å². The molecule has 10 heteroatoms. The summed E-state index contributed by atoms with van der Waals surface area (Å²) in [6.07, 6.45) is 1.67. The molecular formula is C22H29N5O5. The molecule has 0 fully saturated rings. The minimum Gasteiger partial charge on any atom is -0.383 e. The van der Waals surface area contributed by atoms with Crippen molar-refractivity contribution in [2.45, 2.75) is 39.7 Å². The Balaban J connectivity index is 2.04. The zero-order valence-electron chi connectivity index (χ0n) is 18.6. The average Bonchev–Trinajstić information content (AvgIpc) is 3.21. The molecule has 0 unspecified atom stereocenters. The number of carbonyl (C=O) groups excluding carboxylic acids is 2. The average molecular weight is 444 g/mol. The van der Waals surface area contributed by atoms with Crippen LogP contribution in [0.5, 0.6) is 0 Å². The lowest BCUT2D eigenvalue weighted by Gasteiger charge is -2.24. The molecule has 3 N–H and O–H groups in total. The normalized spacial score (nSPS) is 12.7. The van der Waals surface area contributed by atoms with Crippen molar-refractivity contribution >= 4 is 29.0 Å². The second-order valence-electron chi connectivity index (χ2n) is 7.59. The van der Waals surface area contributed by atoms with Crippen molar-refractivity contribution in [3.63, 3.8) is 0 Å².